The van der Waals surface area contributed by atoms with Crippen molar-refractivity contribution in [3.05, 3.63) is 101 Å². The van der Waals surface area contributed by atoms with Crippen molar-refractivity contribution in [2.45, 2.75) is 46.3 Å². The Morgan fingerprint density at radius 1 is 0.822 bits per heavy atom. The van der Waals surface area contributed by atoms with Crippen LogP contribution in [0.5, 0.6) is 11.5 Å². The number of carboxylic acids is 2. The first-order chi connectivity index (χ1) is 20.9. The molecule has 0 heterocycles. The zero-order valence-electron chi connectivity index (χ0n) is 26.3. The van der Waals surface area contributed by atoms with Gasteiger partial charge in [0, 0.05) is 0 Å². The van der Waals surface area contributed by atoms with Crippen LogP contribution >= 0.6 is 7.92 Å². The molecule has 45 heavy (non-hydrogen) atoms. The van der Waals surface area contributed by atoms with Crippen LogP contribution in [-0.2, 0) is 33.1 Å². The SMILES string of the molecule is COc1c(C)cc(P(c2cc(C)c(OC)c(C)c2)c2ccc[c-]2CCN)cc1C.O=C(O)[C@H](O)[C@@H](O)C(=O)O.[Fe+2].c1cc[cH-]c1. The molecule has 4 aromatic carbocycles. The number of benzene rings is 2. The predicted octanol–water partition coefficient (Wildman–Crippen LogP) is 3.20. The zero-order chi connectivity index (χ0) is 33.0. The number of hydrogen-bond acceptors (Lipinski definition) is 7. The molecule has 0 aliphatic heterocycles. The molecule has 9 nitrogen and oxygen atoms in total. The van der Waals surface area contributed by atoms with E-state index in [9.17, 15) is 9.59 Å². The average Bonchev–Trinajstić information content (AvgIpc) is 3.69. The smallest absolute Gasteiger partial charge is 0.496 e. The van der Waals surface area contributed by atoms with Gasteiger partial charge in [0.2, 0.25) is 0 Å². The molecule has 0 spiro atoms. The summed E-state index contributed by atoms with van der Waals surface area (Å²) in [5.41, 5.74) is 11.9. The molecule has 0 bridgehead atoms. The summed E-state index contributed by atoms with van der Waals surface area (Å²) in [6.45, 7) is 9.15. The fourth-order valence-corrected chi connectivity index (χ4v) is 7.66. The fourth-order valence-electron chi connectivity index (χ4n) is 4.81. The van der Waals surface area contributed by atoms with Gasteiger partial charge in [-0.15, -0.1) is 10.9 Å². The number of rotatable bonds is 10. The van der Waals surface area contributed by atoms with Crippen molar-refractivity contribution >= 4 is 35.8 Å². The van der Waals surface area contributed by atoms with Gasteiger partial charge in [0.25, 0.3) is 0 Å². The average molecular weight is 680 g/mol. The van der Waals surface area contributed by atoms with Gasteiger partial charge in [-0.2, -0.15) is 24.3 Å². The minimum Gasteiger partial charge on any atom is -0.496 e. The minimum atomic E-state index is -2.27. The van der Waals surface area contributed by atoms with E-state index in [0.29, 0.717) is 6.54 Å². The molecule has 0 saturated heterocycles. The molecule has 0 aliphatic rings. The molecule has 0 aliphatic carbocycles. The van der Waals surface area contributed by atoms with Crippen LogP contribution in [-0.4, -0.2) is 65.3 Å². The third kappa shape index (κ3) is 10.8. The molecule has 0 saturated carbocycles. The molecule has 0 unspecified atom stereocenters. The molecular formula is C34H42FeNO8P. The van der Waals surface area contributed by atoms with Crippen molar-refractivity contribution < 1.29 is 56.6 Å². The van der Waals surface area contributed by atoms with Gasteiger partial charge in [-0.3, -0.25) is 0 Å². The largest absolute Gasteiger partial charge is 2.00 e. The van der Waals surface area contributed by atoms with Gasteiger partial charge < -0.3 is 35.6 Å². The van der Waals surface area contributed by atoms with Crippen LogP contribution in [0, 0.1) is 27.7 Å². The summed E-state index contributed by atoms with van der Waals surface area (Å²) in [4.78, 5) is 19.5. The van der Waals surface area contributed by atoms with E-state index in [-0.39, 0.29) is 17.1 Å². The number of ether oxygens (including phenoxy) is 2. The number of aliphatic carboxylic acids is 2. The molecule has 6 N–H and O–H groups in total. The Hall–Kier alpha value is -3.49. The second-order valence-corrected chi connectivity index (χ2v) is 12.2. The summed E-state index contributed by atoms with van der Waals surface area (Å²) in [5.74, 6) is -1.60. The Labute approximate surface area is 276 Å². The van der Waals surface area contributed by atoms with Crippen LogP contribution in [0.1, 0.15) is 27.8 Å². The standard InChI is InChI=1S/C25H31NO2P.C5H5.C4H6O6.Fe/c1-16-12-21(13-17(2)24(16)27-5)29(23-9-7-8-20(23)10-11-26)22-14-18(3)25(28-6)19(4)15-22;1-2-4-5-3-1;5-1(3(7)8)2(6)4(9)10;/h7-9,12-15H,10-11,26H2,1-6H3;1-5H;1-2,5-6H,(H,7,8)(H,9,10);/q2*-1;;+2/t;;1-,2-;/m..1./s1. The van der Waals surface area contributed by atoms with E-state index in [1.165, 1.54) is 43.7 Å². The summed E-state index contributed by atoms with van der Waals surface area (Å²) in [5, 5.41) is 36.6. The van der Waals surface area contributed by atoms with Gasteiger partial charge in [-0.25, -0.2) is 33.9 Å². The fraction of sp³-hybridized carbons (Fsp3) is 0.294. The monoisotopic (exact) mass is 679 g/mol. The maximum absolute atomic E-state index is 9.77. The van der Waals surface area contributed by atoms with Crippen LogP contribution in [0.2, 0.25) is 0 Å². The molecular weight excluding hydrogens is 637 g/mol. The van der Waals surface area contributed by atoms with Crippen LogP contribution in [0.15, 0.2) is 72.8 Å². The van der Waals surface area contributed by atoms with Gasteiger partial charge in [0.1, 0.15) is 11.5 Å². The summed E-state index contributed by atoms with van der Waals surface area (Å²) in [6, 6.07) is 25.8. The van der Waals surface area contributed by atoms with E-state index in [1.54, 1.807) is 14.2 Å². The van der Waals surface area contributed by atoms with E-state index in [4.69, 9.17) is 35.6 Å². The van der Waals surface area contributed by atoms with Gasteiger partial charge >= 0.3 is 29.0 Å². The number of aliphatic hydroxyl groups excluding tert-OH is 2. The van der Waals surface area contributed by atoms with E-state index >= 15 is 0 Å². The van der Waals surface area contributed by atoms with Crippen molar-refractivity contribution in [3.8, 4) is 11.5 Å². The van der Waals surface area contributed by atoms with Crippen LogP contribution in [0.3, 0.4) is 0 Å². The third-order valence-electron chi connectivity index (χ3n) is 6.71. The molecule has 2 atom stereocenters. The topological polar surface area (TPSA) is 160 Å². The van der Waals surface area contributed by atoms with E-state index in [0.717, 1.165) is 17.9 Å². The van der Waals surface area contributed by atoms with Gasteiger partial charge in [0.05, 0.1) is 14.2 Å². The van der Waals surface area contributed by atoms with Crippen molar-refractivity contribution in [1.82, 2.24) is 0 Å². The minimum absolute atomic E-state index is 0. The predicted molar refractivity (Wildman–Crippen MR) is 175 cm³/mol. The van der Waals surface area contributed by atoms with E-state index < -0.39 is 32.1 Å². The number of aliphatic hydroxyl groups is 2. The van der Waals surface area contributed by atoms with Gasteiger partial charge in [-0.1, -0.05) is 6.42 Å². The third-order valence-corrected chi connectivity index (χ3v) is 9.18. The maximum Gasteiger partial charge on any atom is 2.00 e. The molecule has 4 rings (SSSR count). The first kappa shape index (κ1) is 39.5. The number of methoxy groups -OCH3 is 2. The van der Waals surface area contributed by atoms with Gasteiger partial charge in [-0.05, 0) is 99.3 Å². The summed E-state index contributed by atoms with van der Waals surface area (Å²) >= 11 is 0. The zero-order valence-corrected chi connectivity index (χ0v) is 28.3. The van der Waals surface area contributed by atoms with Crippen molar-refractivity contribution in [2.24, 2.45) is 5.73 Å². The summed E-state index contributed by atoms with van der Waals surface area (Å²) < 4.78 is 11.2. The summed E-state index contributed by atoms with van der Waals surface area (Å²) in [6.07, 6.45) is -3.64. The van der Waals surface area contributed by atoms with E-state index in [2.05, 4.69) is 70.2 Å². The Morgan fingerprint density at radius 3 is 1.51 bits per heavy atom. The molecule has 244 valence electrons. The number of hydrogen-bond donors (Lipinski definition) is 5. The van der Waals surface area contributed by atoms with Crippen LogP contribution in [0.25, 0.3) is 0 Å². The van der Waals surface area contributed by atoms with Crippen molar-refractivity contribution in [2.75, 3.05) is 20.8 Å². The Kier molecular flexibility index (Phi) is 16.8. The quantitative estimate of drug-likeness (QED) is 0.0964. The van der Waals surface area contributed by atoms with Crippen LogP contribution in [0.4, 0.5) is 0 Å². The molecule has 11 heteroatoms. The molecule has 0 aromatic heterocycles. The van der Waals surface area contributed by atoms with Crippen molar-refractivity contribution in [1.29, 1.82) is 0 Å². The number of carbonyl (C=O) groups is 2. The normalized spacial score (nSPS) is 11.6. The Bertz CT molecular complexity index is 1360. The molecule has 0 amide bonds. The summed E-state index contributed by atoms with van der Waals surface area (Å²) in [7, 11) is 2.77. The molecule has 4 aromatic rings. The number of carboxylic acid groups (broad SMARTS) is 2. The maximum atomic E-state index is 9.77. The first-order valence-electron chi connectivity index (χ1n) is 13.9. The second-order valence-electron chi connectivity index (χ2n) is 10.1. The Morgan fingerprint density at radius 2 is 1.22 bits per heavy atom. The number of aryl methyl sites for hydroxylation is 4. The second kappa shape index (κ2) is 19.1. The molecule has 0 fully saturated rings. The van der Waals surface area contributed by atoms with E-state index in [1.807, 2.05) is 30.3 Å². The number of nitrogens with two attached hydrogens (primary N) is 1. The van der Waals surface area contributed by atoms with Crippen molar-refractivity contribution in [3.63, 3.8) is 0 Å². The Balaban J connectivity index is 0.000000522. The van der Waals surface area contributed by atoms with Gasteiger partial charge in [0.15, 0.2) is 12.2 Å². The first-order valence-corrected chi connectivity index (χ1v) is 15.3. The van der Waals surface area contributed by atoms with Crippen LogP contribution < -0.4 is 31.1 Å². The molecule has 0 radical (unpaired) electrons.